The van der Waals surface area contributed by atoms with Crippen molar-refractivity contribution in [2.45, 2.75) is 26.3 Å². The van der Waals surface area contributed by atoms with Crippen LogP contribution in [0.4, 0.5) is 5.69 Å². The minimum atomic E-state index is -0.350. The molecule has 0 unspecified atom stereocenters. The number of likely N-dealkylation sites (tertiary alicyclic amines) is 1. The Morgan fingerprint density at radius 2 is 2.15 bits per heavy atom. The molecule has 0 aliphatic carbocycles. The smallest absolute Gasteiger partial charge is 0.229 e. The van der Waals surface area contributed by atoms with Gasteiger partial charge in [-0.25, -0.2) is 0 Å². The third-order valence-electron chi connectivity index (χ3n) is 3.46. The van der Waals surface area contributed by atoms with Crippen molar-refractivity contribution in [1.82, 2.24) is 4.90 Å². The quantitative estimate of drug-likeness (QED) is 0.910. The number of nitrogens with zero attached hydrogens (tertiary/aromatic N) is 2. The molecule has 0 bridgehead atoms. The number of benzene rings is 1. The Labute approximate surface area is 118 Å². The van der Waals surface area contributed by atoms with Gasteiger partial charge in [-0.1, -0.05) is 12.1 Å². The number of nitriles is 1. The Kier molecular flexibility index (Phi) is 4.04. The van der Waals surface area contributed by atoms with E-state index in [1.165, 1.54) is 0 Å². The van der Waals surface area contributed by atoms with E-state index in [4.69, 9.17) is 5.26 Å². The molecule has 2 rings (SSSR count). The average molecular weight is 271 g/mol. The van der Waals surface area contributed by atoms with E-state index in [0.717, 1.165) is 0 Å². The molecule has 0 aromatic heterocycles. The number of carbonyl (C=O) groups is 2. The second-order valence-electron chi connectivity index (χ2n) is 5.19. The largest absolute Gasteiger partial charge is 0.339 e. The van der Waals surface area contributed by atoms with Crippen LogP contribution in [0.2, 0.25) is 0 Å². The van der Waals surface area contributed by atoms with Crippen LogP contribution >= 0.6 is 0 Å². The monoisotopic (exact) mass is 271 g/mol. The lowest BCUT2D eigenvalue weighted by atomic mass is 10.1. The molecule has 20 heavy (non-hydrogen) atoms. The molecule has 1 atom stereocenters. The zero-order valence-corrected chi connectivity index (χ0v) is 11.6. The molecule has 1 aliphatic heterocycles. The van der Waals surface area contributed by atoms with Crippen molar-refractivity contribution in [3.63, 3.8) is 0 Å². The topological polar surface area (TPSA) is 73.2 Å². The fourth-order valence-electron chi connectivity index (χ4n) is 2.33. The van der Waals surface area contributed by atoms with Gasteiger partial charge >= 0.3 is 0 Å². The average Bonchev–Trinajstić information content (AvgIpc) is 2.81. The van der Waals surface area contributed by atoms with E-state index in [2.05, 4.69) is 5.32 Å². The van der Waals surface area contributed by atoms with Crippen LogP contribution in [0.25, 0.3) is 0 Å². The summed E-state index contributed by atoms with van der Waals surface area (Å²) in [5.74, 6) is -0.547. The van der Waals surface area contributed by atoms with Crippen LogP contribution < -0.4 is 5.32 Å². The van der Waals surface area contributed by atoms with Crippen molar-refractivity contribution in [3.05, 3.63) is 29.8 Å². The molecule has 104 valence electrons. The number of amides is 2. The van der Waals surface area contributed by atoms with E-state index >= 15 is 0 Å². The number of para-hydroxylation sites is 1. The summed E-state index contributed by atoms with van der Waals surface area (Å²) >= 11 is 0. The van der Waals surface area contributed by atoms with Crippen molar-refractivity contribution < 1.29 is 9.59 Å². The van der Waals surface area contributed by atoms with Crippen molar-refractivity contribution in [2.24, 2.45) is 5.92 Å². The molecule has 1 aromatic rings. The Morgan fingerprint density at radius 3 is 2.75 bits per heavy atom. The summed E-state index contributed by atoms with van der Waals surface area (Å²) in [5.41, 5.74) is 0.918. The maximum atomic E-state index is 12.2. The highest BCUT2D eigenvalue weighted by Crippen LogP contribution is 2.22. The number of rotatable bonds is 3. The SMILES string of the molecule is CC(C)N1C[C@@H](C(=O)Nc2ccccc2C#N)CC1=O. The van der Waals surface area contributed by atoms with Gasteiger partial charge in [-0.2, -0.15) is 5.26 Å². The van der Waals surface area contributed by atoms with Gasteiger partial charge in [0.15, 0.2) is 0 Å². The van der Waals surface area contributed by atoms with Gasteiger partial charge in [0.05, 0.1) is 17.2 Å². The lowest BCUT2D eigenvalue weighted by Gasteiger charge is -2.20. The second kappa shape index (κ2) is 5.74. The molecule has 1 aliphatic rings. The molecule has 0 radical (unpaired) electrons. The van der Waals surface area contributed by atoms with Gasteiger partial charge in [-0.3, -0.25) is 9.59 Å². The zero-order valence-electron chi connectivity index (χ0n) is 11.6. The summed E-state index contributed by atoms with van der Waals surface area (Å²) in [4.78, 5) is 25.7. The van der Waals surface area contributed by atoms with Crippen LogP contribution in [0, 0.1) is 17.2 Å². The van der Waals surface area contributed by atoms with Gasteiger partial charge in [0.1, 0.15) is 6.07 Å². The summed E-state index contributed by atoms with van der Waals surface area (Å²) in [7, 11) is 0. The van der Waals surface area contributed by atoms with Crippen molar-refractivity contribution in [1.29, 1.82) is 5.26 Å². The molecule has 5 heteroatoms. The van der Waals surface area contributed by atoms with Crippen molar-refractivity contribution in [3.8, 4) is 6.07 Å². The summed E-state index contributed by atoms with van der Waals surface area (Å²) in [6.07, 6.45) is 0.235. The fraction of sp³-hybridized carbons (Fsp3) is 0.400. The van der Waals surface area contributed by atoms with Crippen LogP contribution in [0.1, 0.15) is 25.8 Å². The summed E-state index contributed by atoms with van der Waals surface area (Å²) in [6, 6.07) is 8.98. The first-order chi connectivity index (χ1) is 9.52. The third-order valence-corrected chi connectivity index (χ3v) is 3.46. The van der Waals surface area contributed by atoms with Crippen LogP contribution in [-0.4, -0.2) is 29.3 Å². The maximum absolute atomic E-state index is 12.2. The third kappa shape index (κ3) is 2.80. The van der Waals surface area contributed by atoms with Crippen LogP contribution in [0.15, 0.2) is 24.3 Å². The van der Waals surface area contributed by atoms with Gasteiger partial charge in [0.25, 0.3) is 0 Å². The van der Waals surface area contributed by atoms with E-state index in [9.17, 15) is 9.59 Å². The molecule has 0 saturated carbocycles. The molecular weight excluding hydrogens is 254 g/mol. The predicted molar refractivity (Wildman–Crippen MR) is 74.7 cm³/mol. The molecule has 1 saturated heterocycles. The Balaban J connectivity index is 2.07. The van der Waals surface area contributed by atoms with E-state index in [1.807, 2.05) is 19.9 Å². The number of carbonyl (C=O) groups excluding carboxylic acids is 2. The fourth-order valence-corrected chi connectivity index (χ4v) is 2.33. The van der Waals surface area contributed by atoms with E-state index in [1.54, 1.807) is 29.2 Å². The molecule has 2 amide bonds. The molecule has 1 fully saturated rings. The second-order valence-corrected chi connectivity index (χ2v) is 5.19. The summed E-state index contributed by atoms with van der Waals surface area (Å²) < 4.78 is 0. The molecule has 0 spiro atoms. The van der Waals surface area contributed by atoms with E-state index in [0.29, 0.717) is 17.8 Å². The van der Waals surface area contributed by atoms with Gasteiger partial charge in [0.2, 0.25) is 11.8 Å². The highest BCUT2D eigenvalue weighted by molar-refractivity contribution is 5.98. The highest BCUT2D eigenvalue weighted by atomic mass is 16.2. The van der Waals surface area contributed by atoms with Gasteiger partial charge < -0.3 is 10.2 Å². The minimum Gasteiger partial charge on any atom is -0.339 e. The first kappa shape index (κ1) is 14.1. The van der Waals surface area contributed by atoms with Crippen LogP contribution in [0.3, 0.4) is 0 Å². The van der Waals surface area contributed by atoms with Gasteiger partial charge in [0, 0.05) is 19.0 Å². The Hall–Kier alpha value is -2.35. The standard InChI is InChI=1S/C15H17N3O2/c1-10(2)18-9-12(7-14(18)19)15(20)17-13-6-4-3-5-11(13)8-16/h3-6,10,12H,7,9H2,1-2H3,(H,17,20)/t12-/m0/s1. The summed E-state index contributed by atoms with van der Waals surface area (Å²) in [5, 5.41) is 11.7. The molecule has 1 heterocycles. The van der Waals surface area contributed by atoms with Crippen molar-refractivity contribution >= 4 is 17.5 Å². The minimum absolute atomic E-state index is 0.00807. The molecule has 1 aromatic carbocycles. The number of anilines is 1. The molecule has 1 N–H and O–H groups in total. The first-order valence-electron chi connectivity index (χ1n) is 6.62. The van der Waals surface area contributed by atoms with Gasteiger partial charge in [-0.05, 0) is 26.0 Å². The summed E-state index contributed by atoms with van der Waals surface area (Å²) in [6.45, 7) is 4.31. The van der Waals surface area contributed by atoms with Gasteiger partial charge in [-0.15, -0.1) is 0 Å². The number of hydrogen-bond donors (Lipinski definition) is 1. The van der Waals surface area contributed by atoms with Crippen LogP contribution in [0.5, 0.6) is 0 Å². The molecule has 5 nitrogen and oxygen atoms in total. The Morgan fingerprint density at radius 1 is 1.45 bits per heavy atom. The highest BCUT2D eigenvalue weighted by Gasteiger charge is 2.35. The van der Waals surface area contributed by atoms with E-state index in [-0.39, 0.29) is 30.2 Å². The zero-order chi connectivity index (χ0) is 14.7. The van der Waals surface area contributed by atoms with Crippen molar-refractivity contribution in [2.75, 3.05) is 11.9 Å². The Bertz CT molecular complexity index is 575. The first-order valence-corrected chi connectivity index (χ1v) is 6.62. The van der Waals surface area contributed by atoms with Crippen LogP contribution in [-0.2, 0) is 9.59 Å². The normalized spacial score (nSPS) is 18.2. The maximum Gasteiger partial charge on any atom is 0.229 e. The number of nitrogens with one attached hydrogen (secondary N) is 1. The van der Waals surface area contributed by atoms with E-state index < -0.39 is 0 Å². The molecular formula is C15H17N3O2. The lowest BCUT2D eigenvalue weighted by molar-refractivity contribution is -0.129. The number of hydrogen-bond acceptors (Lipinski definition) is 3. The predicted octanol–water partition coefficient (Wildman–Crippen LogP) is 1.75. The lowest BCUT2D eigenvalue weighted by Crippen LogP contribution is -2.33.